The number of amides is 2. The van der Waals surface area contributed by atoms with Gasteiger partial charge in [0.15, 0.2) is 11.5 Å². The highest BCUT2D eigenvalue weighted by Crippen LogP contribution is 2.38. The van der Waals surface area contributed by atoms with E-state index in [1.54, 1.807) is 30.3 Å². The first-order valence-electron chi connectivity index (χ1n) is 11.4. The van der Waals surface area contributed by atoms with E-state index in [1.807, 2.05) is 48.5 Å². The van der Waals surface area contributed by atoms with Crippen molar-refractivity contribution in [3.8, 4) is 11.5 Å². The van der Waals surface area contributed by atoms with Crippen molar-refractivity contribution in [3.63, 3.8) is 0 Å². The number of hydrogen-bond acceptors (Lipinski definition) is 5. The van der Waals surface area contributed by atoms with Gasteiger partial charge < -0.3 is 9.47 Å². The third kappa shape index (κ3) is 5.35. The summed E-state index contributed by atoms with van der Waals surface area (Å²) in [5.74, 6) is 0.251. The molecule has 1 saturated heterocycles. The lowest BCUT2D eigenvalue weighted by Crippen LogP contribution is -2.27. The minimum absolute atomic E-state index is 0.0471. The lowest BCUT2D eigenvalue weighted by molar-refractivity contribution is -0.123. The van der Waals surface area contributed by atoms with Crippen LogP contribution in [0.15, 0.2) is 83.8 Å². The number of carbonyl (C=O) groups excluding carboxylic acids is 2. The summed E-state index contributed by atoms with van der Waals surface area (Å²) in [5.41, 5.74) is 2.04. The van der Waals surface area contributed by atoms with E-state index in [2.05, 4.69) is 22.6 Å². The molecule has 0 atom stereocenters. The highest BCUT2D eigenvalue weighted by atomic mass is 127. The molecule has 8 heteroatoms. The smallest absolute Gasteiger partial charge is 0.293 e. The molecular formula is C29H21FINO4S. The normalized spacial score (nSPS) is 14.6. The molecule has 0 saturated carbocycles. The van der Waals surface area contributed by atoms with Gasteiger partial charge in [0.25, 0.3) is 11.1 Å². The average molecular weight is 625 g/mol. The van der Waals surface area contributed by atoms with Gasteiger partial charge in [0.1, 0.15) is 12.4 Å². The van der Waals surface area contributed by atoms with Gasteiger partial charge in [-0.3, -0.25) is 14.5 Å². The van der Waals surface area contributed by atoms with Crippen molar-refractivity contribution < 1.29 is 23.5 Å². The fourth-order valence-corrected chi connectivity index (χ4v) is 5.74. The Labute approximate surface area is 231 Å². The number of methoxy groups -OCH3 is 1. The Morgan fingerprint density at radius 2 is 1.70 bits per heavy atom. The molecule has 0 unspecified atom stereocenters. The number of fused-ring (bicyclic) bond motifs is 1. The minimum atomic E-state index is -0.340. The number of nitrogens with zero attached hydrogens (tertiary/aromatic N) is 1. The Morgan fingerprint density at radius 3 is 2.51 bits per heavy atom. The topological polar surface area (TPSA) is 55.8 Å². The first-order valence-corrected chi connectivity index (χ1v) is 13.3. The molecular weight excluding hydrogens is 604 g/mol. The zero-order valence-corrected chi connectivity index (χ0v) is 22.7. The van der Waals surface area contributed by atoms with E-state index in [1.165, 1.54) is 18.1 Å². The Hall–Kier alpha value is -3.37. The maximum absolute atomic E-state index is 14.0. The van der Waals surface area contributed by atoms with Crippen LogP contribution >= 0.6 is 34.4 Å². The largest absolute Gasteiger partial charge is 0.493 e. The molecule has 1 fully saturated rings. The first kappa shape index (κ1) is 25.3. The molecule has 1 heterocycles. The van der Waals surface area contributed by atoms with E-state index in [0.29, 0.717) is 27.5 Å². The predicted molar refractivity (Wildman–Crippen MR) is 152 cm³/mol. The number of ether oxygens (including phenoxy) is 2. The third-order valence-electron chi connectivity index (χ3n) is 5.96. The fraction of sp³-hybridized carbons (Fsp3) is 0.103. The summed E-state index contributed by atoms with van der Waals surface area (Å²) in [7, 11) is 1.52. The van der Waals surface area contributed by atoms with Crippen LogP contribution in [-0.4, -0.2) is 23.2 Å². The van der Waals surface area contributed by atoms with Crippen molar-refractivity contribution >= 4 is 62.3 Å². The van der Waals surface area contributed by atoms with Crippen molar-refractivity contribution in [1.29, 1.82) is 0 Å². The lowest BCUT2D eigenvalue weighted by Gasteiger charge is -2.15. The lowest BCUT2D eigenvalue weighted by atomic mass is 10.0. The molecule has 0 aromatic heterocycles. The summed E-state index contributed by atoms with van der Waals surface area (Å²) < 4.78 is 26.1. The van der Waals surface area contributed by atoms with E-state index in [-0.39, 0.29) is 30.1 Å². The van der Waals surface area contributed by atoms with Crippen LogP contribution in [0.5, 0.6) is 11.5 Å². The molecule has 5 nitrogen and oxygen atoms in total. The van der Waals surface area contributed by atoms with Crippen LogP contribution in [-0.2, 0) is 17.9 Å². The van der Waals surface area contributed by atoms with Gasteiger partial charge in [0, 0.05) is 5.56 Å². The van der Waals surface area contributed by atoms with Crippen LogP contribution in [0, 0.1) is 9.39 Å². The van der Waals surface area contributed by atoms with Crippen LogP contribution in [0.1, 0.15) is 16.7 Å². The second-order valence-corrected chi connectivity index (χ2v) is 10.5. The number of carbonyl (C=O) groups is 2. The quantitative estimate of drug-likeness (QED) is 0.158. The maximum Gasteiger partial charge on any atom is 0.293 e. The molecule has 0 bridgehead atoms. The average Bonchev–Trinajstić information content (AvgIpc) is 3.16. The number of thioether (sulfide) groups is 1. The van der Waals surface area contributed by atoms with Gasteiger partial charge in [-0.15, -0.1) is 0 Å². The maximum atomic E-state index is 14.0. The molecule has 4 aromatic rings. The zero-order valence-electron chi connectivity index (χ0n) is 19.7. The molecule has 0 N–H and O–H groups in total. The summed E-state index contributed by atoms with van der Waals surface area (Å²) in [5, 5.41) is 1.76. The fourth-order valence-electron chi connectivity index (χ4n) is 4.12. The van der Waals surface area contributed by atoms with Gasteiger partial charge >= 0.3 is 0 Å². The Kier molecular flexibility index (Phi) is 7.48. The van der Waals surface area contributed by atoms with Gasteiger partial charge in [-0.1, -0.05) is 60.7 Å². The molecule has 5 rings (SSSR count). The molecule has 0 spiro atoms. The van der Waals surface area contributed by atoms with E-state index in [4.69, 9.17) is 9.47 Å². The number of hydrogen-bond donors (Lipinski definition) is 0. The summed E-state index contributed by atoms with van der Waals surface area (Å²) in [6, 6.07) is 23.8. The molecule has 186 valence electrons. The minimum Gasteiger partial charge on any atom is -0.493 e. The summed E-state index contributed by atoms with van der Waals surface area (Å²) in [4.78, 5) is 27.6. The highest BCUT2D eigenvalue weighted by Gasteiger charge is 2.35. The molecule has 1 aliphatic rings. The van der Waals surface area contributed by atoms with Gasteiger partial charge in [0.05, 0.1) is 22.1 Å². The van der Waals surface area contributed by atoms with E-state index in [9.17, 15) is 14.0 Å². The Bertz CT molecular complexity index is 1550. The Morgan fingerprint density at radius 1 is 0.973 bits per heavy atom. The second-order valence-electron chi connectivity index (χ2n) is 8.32. The van der Waals surface area contributed by atoms with E-state index < -0.39 is 0 Å². The van der Waals surface area contributed by atoms with Crippen LogP contribution < -0.4 is 9.47 Å². The molecule has 0 radical (unpaired) electrons. The van der Waals surface area contributed by atoms with Crippen LogP contribution in [0.4, 0.5) is 9.18 Å². The van der Waals surface area contributed by atoms with Crippen molar-refractivity contribution in [2.75, 3.05) is 7.11 Å². The van der Waals surface area contributed by atoms with Crippen molar-refractivity contribution in [2.24, 2.45) is 0 Å². The van der Waals surface area contributed by atoms with Gasteiger partial charge in [-0.2, -0.15) is 0 Å². The second kappa shape index (κ2) is 10.9. The number of benzene rings is 4. The summed E-state index contributed by atoms with van der Waals surface area (Å²) in [6.45, 7) is 0.248. The van der Waals surface area contributed by atoms with Crippen LogP contribution in [0.25, 0.3) is 16.8 Å². The number of imide groups is 1. The predicted octanol–water partition coefficient (Wildman–Crippen LogP) is 7.41. The van der Waals surface area contributed by atoms with Gasteiger partial charge in [-0.25, -0.2) is 4.39 Å². The van der Waals surface area contributed by atoms with Crippen LogP contribution in [0.2, 0.25) is 0 Å². The number of halogens is 2. The van der Waals surface area contributed by atoms with Crippen LogP contribution in [0.3, 0.4) is 0 Å². The standard InChI is InChI=1S/C29H21FINO4S/c1-35-25-14-18(13-24(31)27(25)36-17-21-8-3-5-12-23(21)30)15-26-28(33)32(29(34)37-26)16-20-10-6-9-19-7-2-4-11-22(19)20/h2-15H,16-17H2,1H3/b26-15-. The molecule has 1 aliphatic heterocycles. The third-order valence-corrected chi connectivity index (χ3v) is 7.67. The van der Waals surface area contributed by atoms with E-state index >= 15 is 0 Å². The summed E-state index contributed by atoms with van der Waals surface area (Å²) in [6.07, 6.45) is 1.68. The summed E-state index contributed by atoms with van der Waals surface area (Å²) >= 11 is 3.03. The number of rotatable bonds is 7. The molecule has 4 aromatic carbocycles. The highest BCUT2D eigenvalue weighted by molar-refractivity contribution is 14.1. The Balaban J connectivity index is 1.37. The van der Waals surface area contributed by atoms with Crippen molar-refractivity contribution in [3.05, 3.63) is 110 Å². The van der Waals surface area contributed by atoms with Crippen molar-refractivity contribution in [1.82, 2.24) is 4.90 Å². The molecule has 0 aliphatic carbocycles. The van der Waals surface area contributed by atoms with E-state index in [0.717, 1.165) is 31.7 Å². The first-order chi connectivity index (χ1) is 17.9. The zero-order chi connectivity index (χ0) is 25.9. The van der Waals surface area contributed by atoms with Gasteiger partial charge in [-0.05, 0) is 80.5 Å². The molecule has 2 amide bonds. The SMILES string of the molecule is COc1cc(/C=C2\SC(=O)N(Cc3cccc4ccccc34)C2=O)cc(I)c1OCc1ccccc1F. The van der Waals surface area contributed by atoms with Gasteiger partial charge in [0.2, 0.25) is 0 Å². The molecule has 37 heavy (non-hydrogen) atoms. The monoisotopic (exact) mass is 625 g/mol. The van der Waals surface area contributed by atoms with Crippen molar-refractivity contribution in [2.45, 2.75) is 13.2 Å².